The average molecular weight is 431 g/mol. The van der Waals surface area contributed by atoms with E-state index in [0.717, 1.165) is 41.4 Å². The fraction of sp³-hybridized carbons (Fsp3) is 0.200. The van der Waals surface area contributed by atoms with Gasteiger partial charge in [0.05, 0.1) is 30.1 Å². The van der Waals surface area contributed by atoms with Crippen molar-refractivity contribution in [2.75, 3.05) is 20.1 Å². The third-order valence-corrected chi connectivity index (χ3v) is 6.71. The predicted molar refractivity (Wildman–Crippen MR) is 129 cm³/mol. The Hall–Kier alpha value is -3.09. The van der Waals surface area contributed by atoms with Gasteiger partial charge >= 0.3 is 0 Å². The van der Waals surface area contributed by atoms with Gasteiger partial charge in [-0.3, -0.25) is 9.51 Å². The molecule has 1 unspecified atom stereocenters. The molecule has 0 saturated carbocycles. The van der Waals surface area contributed by atoms with E-state index in [-0.39, 0.29) is 6.17 Å². The van der Waals surface area contributed by atoms with Crippen molar-refractivity contribution >= 4 is 29.2 Å². The first-order chi connectivity index (χ1) is 15.3. The summed E-state index contributed by atoms with van der Waals surface area (Å²) in [4.78, 5) is 2.30. The first-order valence-corrected chi connectivity index (χ1v) is 11.4. The van der Waals surface area contributed by atoms with Crippen molar-refractivity contribution in [3.63, 3.8) is 0 Å². The molecule has 31 heavy (non-hydrogen) atoms. The van der Waals surface area contributed by atoms with Crippen LogP contribution in [0, 0.1) is 0 Å². The largest absolute Gasteiger partial charge is 0.317 e. The van der Waals surface area contributed by atoms with Gasteiger partial charge in [-0.05, 0) is 42.8 Å². The van der Waals surface area contributed by atoms with Crippen molar-refractivity contribution in [1.29, 1.82) is 0 Å². The van der Waals surface area contributed by atoms with Crippen LogP contribution in [-0.2, 0) is 0 Å². The molecule has 5 nitrogen and oxygen atoms in total. The summed E-state index contributed by atoms with van der Waals surface area (Å²) in [7, 11) is 0. The van der Waals surface area contributed by atoms with Crippen LogP contribution in [0.15, 0.2) is 103 Å². The van der Waals surface area contributed by atoms with Crippen molar-refractivity contribution in [3.8, 4) is 0 Å². The van der Waals surface area contributed by atoms with Crippen LogP contribution in [0.4, 0.5) is 17.1 Å². The lowest BCUT2D eigenvalue weighted by Gasteiger charge is -2.38. The van der Waals surface area contributed by atoms with Crippen LogP contribution in [0.5, 0.6) is 0 Å². The SMILES string of the molecule is CCCC1N(O)C2=C(CN(c3ccccc3)SN2c2ccccc2)N1c1ccccc1. The van der Waals surface area contributed by atoms with Gasteiger partial charge < -0.3 is 4.90 Å². The van der Waals surface area contributed by atoms with Crippen LogP contribution in [0.1, 0.15) is 19.8 Å². The molecule has 1 atom stereocenters. The van der Waals surface area contributed by atoms with Crippen LogP contribution in [0.2, 0.25) is 0 Å². The third kappa shape index (κ3) is 3.62. The topological polar surface area (TPSA) is 33.2 Å². The van der Waals surface area contributed by atoms with Gasteiger partial charge in [0, 0.05) is 11.4 Å². The molecular formula is C25H26N4OS. The van der Waals surface area contributed by atoms with Crippen LogP contribution in [0.3, 0.4) is 0 Å². The van der Waals surface area contributed by atoms with E-state index in [0.29, 0.717) is 6.54 Å². The smallest absolute Gasteiger partial charge is 0.169 e. The Balaban J connectivity index is 1.65. The highest BCUT2D eigenvalue weighted by Crippen LogP contribution is 2.46. The first-order valence-electron chi connectivity index (χ1n) is 10.7. The van der Waals surface area contributed by atoms with Crippen LogP contribution < -0.4 is 13.5 Å². The molecule has 158 valence electrons. The lowest BCUT2D eigenvalue weighted by molar-refractivity contribution is -0.0834. The zero-order valence-electron chi connectivity index (χ0n) is 17.5. The molecule has 0 amide bonds. The summed E-state index contributed by atoms with van der Waals surface area (Å²) < 4.78 is 4.42. The first kappa shape index (κ1) is 19.8. The van der Waals surface area contributed by atoms with E-state index in [2.05, 4.69) is 81.1 Å². The lowest BCUT2D eigenvalue weighted by Crippen LogP contribution is -2.40. The van der Waals surface area contributed by atoms with Gasteiger partial charge in [0.15, 0.2) is 5.82 Å². The maximum Gasteiger partial charge on any atom is 0.169 e. The summed E-state index contributed by atoms with van der Waals surface area (Å²) in [6.45, 7) is 2.85. The van der Waals surface area contributed by atoms with E-state index >= 15 is 0 Å². The molecule has 0 aromatic heterocycles. The quantitative estimate of drug-likeness (QED) is 0.494. The Labute approximate surface area is 188 Å². The summed E-state index contributed by atoms with van der Waals surface area (Å²) in [5.74, 6) is 0.839. The summed E-state index contributed by atoms with van der Waals surface area (Å²) in [6.07, 6.45) is 1.70. The van der Waals surface area contributed by atoms with E-state index in [1.165, 1.54) is 5.06 Å². The molecule has 2 aliphatic rings. The van der Waals surface area contributed by atoms with Crippen molar-refractivity contribution in [1.82, 2.24) is 5.06 Å². The van der Waals surface area contributed by atoms with E-state index in [9.17, 15) is 5.21 Å². The van der Waals surface area contributed by atoms with Gasteiger partial charge in [0.2, 0.25) is 0 Å². The zero-order chi connectivity index (χ0) is 21.2. The summed E-state index contributed by atoms with van der Waals surface area (Å²) in [5, 5.41) is 12.9. The predicted octanol–water partition coefficient (Wildman–Crippen LogP) is 6.08. The zero-order valence-corrected chi connectivity index (χ0v) is 18.3. The molecule has 6 heteroatoms. The summed E-state index contributed by atoms with van der Waals surface area (Å²) in [5.41, 5.74) is 4.36. The standard InChI is InChI=1S/C25H26N4OS/c1-2-12-24-27(21-15-8-4-9-16-21)23-19-26(20-13-6-3-7-14-20)31-29(25(23)28(24)30)22-17-10-5-11-18-22/h3-11,13-18,24,30H,2,12,19H2,1H3. The number of nitrogens with zero attached hydrogens (tertiary/aromatic N) is 4. The van der Waals surface area contributed by atoms with Crippen molar-refractivity contribution in [2.45, 2.75) is 25.9 Å². The number of hydrogen-bond donors (Lipinski definition) is 1. The highest BCUT2D eigenvalue weighted by atomic mass is 32.2. The average Bonchev–Trinajstić information content (AvgIpc) is 3.12. The number of hydroxylamine groups is 2. The number of rotatable bonds is 5. The minimum Gasteiger partial charge on any atom is -0.317 e. The Morgan fingerprint density at radius 1 is 0.806 bits per heavy atom. The second kappa shape index (κ2) is 8.57. The van der Waals surface area contributed by atoms with E-state index in [4.69, 9.17) is 0 Å². The molecule has 1 N–H and O–H groups in total. The number of anilines is 3. The summed E-state index contributed by atoms with van der Waals surface area (Å²) in [6, 6.07) is 31.1. The minimum atomic E-state index is -0.139. The fourth-order valence-electron chi connectivity index (χ4n) is 4.22. The molecule has 0 saturated heterocycles. The maximum atomic E-state index is 11.4. The maximum absolute atomic E-state index is 11.4. The Bertz CT molecular complexity index is 1040. The molecule has 3 aromatic rings. The second-order valence-electron chi connectivity index (χ2n) is 7.67. The molecule has 0 radical (unpaired) electrons. The van der Waals surface area contributed by atoms with Crippen LogP contribution in [0.25, 0.3) is 0 Å². The van der Waals surface area contributed by atoms with Crippen LogP contribution >= 0.6 is 12.1 Å². The monoisotopic (exact) mass is 430 g/mol. The lowest BCUT2D eigenvalue weighted by atomic mass is 10.2. The molecular weight excluding hydrogens is 404 g/mol. The molecule has 0 fully saturated rings. The number of hydrogen-bond acceptors (Lipinski definition) is 6. The molecule has 0 bridgehead atoms. The van der Waals surface area contributed by atoms with Gasteiger partial charge in [0.1, 0.15) is 6.17 Å². The molecule has 2 aliphatic heterocycles. The van der Waals surface area contributed by atoms with E-state index in [1.807, 2.05) is 30.3 Å². The Morgan fingerprint density at radius 2 is 1.35 bits per heavy atom. The number of benzene rings is 3. The van der Waals surface area contributed by atoms with Crippen LogP contribution in [-0.4, -0.2) is 23.0 Å². The van der Waals surface area contributed by atoms with Gasteiger partial charge in [-0.1, -0.05) is 67.9 Å². The number of para-hydroxylation sites is 3. The normalized spacial score (nSPS) is 18.6. The van der Waals surface area contributed by atoms with Gasteiger partial charge in [0.25, 0.3) is 0 Å². The van der Waals surface area contributed by atoms with Crippen molar-refractivity contribution < 1.29 is 5.21 Å². The van der Waals surface area contributed by atoms with Gasteiger partial charge in [-0.15, -0.1) is 0 Å². The van der Waals surface area contributed by atoms with Gasteiger partial charge in [-0.2, -0.15) is 0 Å². The van der Waals surface area contributed by atoms with Crippen molar-refractivity contribution in [3.05, 3.63) is 103 Å². The second-order valence-corrected chi connectivity index (χ2v) is 8.64. The third-order valence-electron chi connectivity index (χ3n) is 5.63. The van der Waals surface area contributed by atoms with Gasteiger partial charge in [-0.25, -0.2) is 9.37 Å². The molecule has 3 aromatic carbocycles. The minimum absolute atomic E-state index is 0.139. The Morgan fingerprint density at radius 3 is 1.94 bits per heavy atom. The molecule has 0 aliphatic carbocycles. The molecule has 0 spiro atoms. The Kier molecular flexibility index (Phi) is 5.49. The molecule has 5 rings (SSSR count). The fourth-order valence-corrected chi connectivity index (χ4v) is 5.30. The van der Waals surface area contributed by atoms with E-state index in [1.54, 1.807) is 12.1 Å². The highest BCUT2D eigenvalue weighted by Gasteiger charge is 2.45. The highest BCUT2D eigenvalue weighted by molar-refractivity contribution is 8.02. The summed E-state index contributed by atoms with van der Waals surface area (Å²) >= 11 is 1.62. The molecule has 2 heterocycles. The van der Waals surface area contributed by atoms with Crippen molar-refractivity contribution in [2.24, 2.45) is 0 Å². The van der Waals surface area contributed by atoms with E-state index < -0.39 is 0 Å².